The van der Waals surface area contributed by atoms with Gasteiger partial charge in [0.05, 0.1) is 18.4 Å². The highest BCUT2D eigenvalue weighted by molar-refractivity contribution is 7.98. The molecule has 0 aliphatic heterocycles. The zero-order chi connectivity index (χ0) is 21.6. The summed E-state index contributed by atoms with van der Waals surface area (Å²) >= 11 is 1.68. The number of benzene rings is 2. The highest BCUT2D eigenvalue weighted by atomic mass is 32.2. The van der Waals surface area contributed by atoms with Crippen molar-refractivity contribution in [2.24, 2.45) is 0 Å². The minimum atomic E-state index is -0.135. The molecule has 31 heavy (non-hydrogen) atoms. The van der Waals surface area contributed by atoms with Crippen LogP contribution in [-0.2, 0) is 11.3 Å². The van der Waals surface area contributed by atoms with Gasteiger partial charge in [-0.1, -0.05) is 59.0 Å². The zero-order valence-electron chi connectivity index (χ0n) is 17.3. The molecule has 1 N–H and O–H groups in total. The molecule has 2 aromatic heterocycles. The van der Waals surface area contributed by atoms with E-state index >= 15 is 0 Å². The summed E-state index contributed by atoms with van der Waals surface area (Å²) in [5.41, 5.74) is 3.58. The van der Waals surface area contributed by atoms with Gasteiger partial charge in [-0.05, 0) is 19.2 Å². The maximum atomic E-state index is 12.4. The molecular formula is C22H23N7OS. The molecule has 4 aromatic rings. The summed E-state index contributed by atoms with van der Waals surface area (Å²) in [5.74, 6) is -0.135. The van der Waals surface area contributed by atoms with Crippen molar-refractivity contribution in [1.82, 2.24) is 35.3 Å². The van der Waals surface area contributed by atoms with E-state index in [1.807, 2.05) is 67.9 Å². The Hall–Kier alpha value is -3.46. The van der Waals surface area contributed by atoms with E-state index in [1.54, 1.807) is 22.6 Å². The SMILES string of the molecule is CSc1ccccc1-c1cn([C@H](C)CNC(=O)Cn2cc(-c3ccccc3)nn2)nn1. The van der Waals surface area contributed by atoms with E-state index in [-0.39, 0.29) is 18.5 Å². The Labute approximate surface area is 184 Å². The number of amides is 1. The third-order valence-corrected chi connectivity index (χ3v) is 5.65. The molecule has 2 aromatic carbocycles. The minimum Gasteiger partial charge on any atom is -0.352 e. The van der Waals surface area contributed by atoms with Crippen LogP contribution in [0.5, 0.6) is 0 Å². The Morgan fingerprint density at radius 1 is 1.00 bits per heavy atom. The molecule has 0 spiro atoms. The molecular weight excluding hydrogens is 410 g/mol. The van der Waals surface area contributed by atoms with Gasteiger partial charge >= 0.3 is 0 Å². The van der Waals surface area contributed by atoms with E-state index in [0.29, 0.717) is 6.54 Å². The monoisotopic (exact) mass is 433 g/mol. The van der Waals surface area contributed by atoms with E-state index in [4.69, 9.17) is 0 Å². The molecule has 1 amide bonds. The topological polar surface area (TPSA) is 90.5 Å². The lowest BCUT2D eigenvalue weighted by Crippen LogP contribution is -2.32. The van der Waals surface area contributed by atoms with Crippen LogP contribution in [0.2, 0.25) is 0 Å². The number of hydrogen-bond donors (Lipinski definition) is 1. The van der Waals surface area contributed by atoms with Crippen molar-refractivity contribution < 1.29 is 4.79 Å². The van der Waals surface area contributed by atoms with Gasteiger partial charge in [0, 0.05) is 22.6 Å². The Balaban J connectivity index is 1.33. The Morgan fingerprint density at radius 2 is 1.74 bits per heavy atom. The highest BCUT2D eigenvalue weighted by Crippen LogP contribution is 2.28. The van der Waals surface area contributed by atoms with Gasteiger partial charge in [-0.2, -0.15) is 0 Å². The van der Waals surface area contributed by atoms with Crippen LogP contribution >= 0.6 is 11.8 Å². The summed E-state index contributed by atoms with van der Waals surface area (Å²) in [6, 6.07) is 17.8. The van der Waals surface area contributed by atoms with Crippen LogP contribution in [0.1, 0.15) is 13.0 Å². The first-order valence-electron chi connectivity index (χ1n) is 9.91. The number of carbonyl (C=O) groups is 1. The Morgan fingerprint density at radius 3 is 2.55 bits per heavy atom. The fraction of sp³-hybridized carbons (Fsp3) is 0.227. The summed E-state index contributed by atoms with van der Waals surface area (Å²) in [6.45, 7) is 2.53. The van der Waals surface area contributed by atoms with Gasteiger partial charge in [0.25, 0.3) is 0 Å². The molecule has 0 bridgehead atoms. The lowest BCUT2D eigenvalue weighted by Gasteiger charge is -2.12. The third-order valence-electron chi connectivity index (χ3n) is 4.85. The number of nitrogens with zero attached hydrogens (tertiary/aromatic N) is 6. The molecule has 9 heteroatoms. The van der Waals surface area contributed by atoms with Crippen LogP contribution in [0.25, 0.3) is 22.5 Å². The summed E-state index contributed by atoms with van der Waals surface area (Å²) in [4.78, 5) is 13.5. The summed E-state index contributed by atoms with van der Waals surface area (Å²) in [7, 11) is 0. The molecule has 0 aliphatic carbocycles. The van der Waals surface area contributed by atoms with Gasteiger partial charge < -0.3 is 5.32 Å². The summed E-state index contributed by atoms with van der Waals surface area (Å²) < 4.78 is 3.31. The summed E-state index contributed by atoms with van der Waals surface area (Å²) in [5, 5.41) is 19.7. The highest BCUT2D eigenvalue weighted by Gasteiger charge is 2.13. The quantitative estimate of drug-likeness (QED) is 0.429. The number of hydrogen-bond acceptors (Lipinski definition) is 6. The molecule has 0 radical (unpaired) electrons. The number of nitrogens with one attached hydrogen (secondary N) is 1. The first kappa shape index (κ1) is 20.8. The van der Waals surface area contributed by atoms with E-state index in [0.717, 1.165) is 27.4 Å². The van der Waals surface area contributed by atoms with Crippen LogP contribution in [0, 0.1) is 0 Å². The van der Waals surface area contributed by atoms with Gasteiger partial charge in [-0.25, -0.2) is 9.36 Å². The number of carbonyl (C=O) groups excluding carboxylic acids is 1. The van der Waals surface area contributed by atoms with Crippen LogP contribution in [-0.4, -0.2) is 48.7 Å². The molecule has 2 heterocycles. The van der Waals surface area contributed by atoms with Crippen molar-refractivity contribution in [2.75, 3.05) is 12.8 Å². The standard InChI is InChI=1S/C22H23N7OS/c1-16(29-14-20(25-27-29)18-10-6-7-11-21(18)31-2)12-23-22(30)15-28-13-19(24-26-28)17-8-4-3-5-9-17/h3-11,13-14,16H,12,15H2,1-2H3,(H,23,30)/t16-/m1/s1. The molecule has 0 saturated heterocycles. The van der Waals surface area contributed by atoms with Gasteiger partial charge in [0.15, 0.2) is 0 Å². The first-order chi connectivity index (χ1) is 15.1. The second-order valence-electron chi connectivity index (χ2n) is 7.10. The molecule has 158 valence electrons. The Bertz CT molecular complexity index is 1160. The minimum absolute atomic E-state index is 0.0396. The van der Waals surface area contributed by atoms with Crippen molar-refractivity contribution in [3.8, 4) is 22.5 Å². The molecule has 0 fully saturated rings. The van der Waals surface area contributed by atoms with Crippen molar-refractivity contribution in [2.45, 2.75) is 24.4 Å². The van der Waals surface area contributed by atoms with E-state index in [1.165, 1.54) is 4.68 Å². The van der Waals surface area contributed by atoms with Crippen molar-refractivity contribution >= 4 is 17.7 Å². The second-order valence-corrected chi connectivity index (χ2v) is 7.95. The fourth-order valence-electron chi connectivity index (χ4n) is 3.15. The smallest absolute Gasteiger partial charge is 0.241 e. The number of thioether (sulfide) groups is 1. The third kappa shape index (κ3) is 5.00. The van der Waals surface area contributed by atoms with E-state index in [9.17, 15) is 4.79 Å². The summed E-state index contributed by atoms with van der Waals surface area (Å²) in [6.07, 6.45) is 5.72. The number of aromatic nitrogens is 6. The average Bonchev–Trinajstić information content (AvgIpc) is 3.48. The molecule has 0 saturated carbocycles. The molecule has 0 aliphatic rings. The Kier molecular flexibility index (Phi) is 6.42. The number of rotatable bonds is 8. The van der Waals surface area contributed by atoms with Crippen LogP contribution in [0.15, 0.2) is 71.9 Å². The van der Waals surface area contributed by atoms with Crippen LogP contribution < -0.4 is 5.32 Å². The fourth-order valence-corrected chi connectivity index (χ4v) is 3.75. The van der Waals surface area contributed by atoms with Gasteiger partial charge in [0.1, 0.15) is 17.9 Å². The zero-order valence-corrected chi connectivity index (χ0v) is 18.2. The predicted molar refractivity (Wildman–Crippen MR) is 120 cm³/mol. The largest absolute Gasteiger partial charge is 0.352 e. The van der Waals surface area contributed by atoms with Crippen LogP contribution in [0.4, 0.5) is 0 Å². The lowest BCUT2D eigenvalue weighted by molar-refractivity contribution is -0.122. The van der Waals surface area contributed by atoms with Gasteiger partial charge in [-0.15, -0.1) is 22.0 Å². The van der Waals surface area contributed by atoms with E-state index < -0.39 is 0 Å². The van der Waals surface area contributed by atoms with Crippen LogP contribution in [0.3, 0.4) is 0 Å². The predicted octanol–water partition coefficient (Wildman–Crippen LogP) is 3.30. The van der Waals surface area contributed by atoms with Crippen molar-refractivity contribution in [1.29, 1.82) is 0 Å². The normalized spacial score (nSPS) is 11.9. The average molecular weight is 434 g/mol. The van der Waals surface area contributed by atoms with Crippen molar-refractivity contribution in [3.05, 3.63) is 67.0 Å². The first-order valence-corrected chi connectivity index (χ1v) is 11.1. The molecule has 4 rings (SSSR count). The molecule has 8 nitrogen and oxygen atoms in total. The van der Waals surface area contributed by atoms with Gasteiger partial charge in [-0.3, -0.25) is 4.79 Å². The molecule has 0 unspecified atom stereocenters. The second kappa shape index (κ2) is 9.57. The maximum absolute atomic E-state index is 12.4. The maximum Gasteiger partial charge on any atom is 0.241 e. The molecule has 1 atom stereocenters. The van der Waals surface area contributed by atoms with E-state index in [2.05, 4.69) is 32.0 Å². The lowest BCUT2D eigenvalue weighted by atomic mass is 10.2. The van der Waals surface area contributed by atoms with Gasteiger partial charge in [0.2, 0.25) is 5.91 Å². The van der Waals surface area contributed by atoms with Crippen molar-refractivity contribution in [3.63, 3.8) is 0 Å².